The number of methoxy groups -OCH3 is 2. The van der Waals surface area contributed by atoms with Gasteiger partial charge in [-0.15, -0.1) is 0 Å². The van der Waals surface area contributed by atoms with Crippen LogP contribution in [0.2, 0.25) is 0 Å². The molecule has 3 aromatic carbocycles. The number of nitrogens with zero attached hydrogens (tertiary/aromatic N) is 1. The van der Waals surface area contributed by atoms with Crippen molar-refractivity contribution in [1.82, 2.24) is 4.98 Å². The van der Waals surface area contributed by atoms with E-state index in [-0.39, 0.29) is 23.9 Å². The fourth-order valence-corrected chi connectivity index (χ4v) is 5.03. The first kappa shape index (κ1) is 25.2. The fraction of sp³-hybridized carbons (Fsp3) is 0.156. The fourth-order valence-electron chi connectivity index (χ4n) is 5.03. The number of aromatic nitrogens is 1. The summed E-state index contributed by atoms with van der Waals surface area (Å²) in [6.07, 6.45) is 5.19. The highest BCUT2D eigenvalue weighted by atomic mass is 16.5. The van der Waals surface area contributed by atoms with Crippen molar-refractivity contribution in [2.75, 3.05) is 14.2 Å². The topological polar surface area (TPSA) is 93.2 Å². The zero-order chi connectivity index (χ0) is 27.6. The number of esters is 1. The van der Waals surface area contributed by atoms with Gasteiger partial charge in [0.05, 0.1) is 26.2 Å². The number of carbonyl (C=O) groups excluding carboxylic acids is 2. The van der Waals surface area contributed by atoms with E-state index in [4.69, 9.17) is 23.7 Å². The second-order valence-corrected chi connectivity index (χ2v) is 9.33. The Balaban J connectivity index is 1.36. The van der Waals surface area contributed by atoms with E-state index in [0.29, 0.717) is 52.0 Å². The molecular formula is C32H25NO7. The van der Waals surface area contributed by atoms with E-state index in [2.05, 4.69) is 4.98 Å². The van der Waals surface area contributed by atoms with E-state index in [1.54, 1.807) is 49.8 Å². The van der Waals surface area contributed by atoms with Crippen LogP contribution in [-0.2, 0) is 11.4 Å². The Morgan fingerprint density at radius 1 is 0.975 bits per heavy atom. The van der Waals surface area contributed by atoms with Gasteiger partial charge in [-0.2, -0.15) is 0 Å². The van der Waals surface area contributed by atoms with Gasteiger partial charge in [-0.25, -0.2) is 0 Å². The number of Topliss-reactive ketones (excluding diaryl/α,β-unsaturated/α-hetero) is 1. The molecule has 0 fully saturated rings. The van der Waals surface area contributed by atoms with Crippen LogP contribution in [0.4, 0.5) is 0 Å². The highest BCUT2D eigenvalue weighted by molar-refractivity contribution is 6.15. The first-order valence-electron chi connectivity index (χ1n) is 12.7. The number of para-hydroxylation sites is 1. The molecule has 8 heteroatoms. The van der Waals surface area contributed by atoms with Crippen molar-refractivity contribution in [1.29, 1.82) is 0 Å². The van der Waals surface area contributed by atoms with E-state index < -0.39 is 5.92 Å². The zero-order valence-corrected chi connectivity index (χ0v) is 21.9. The summed E-state index contributed by atoms with van der Waals surface area (Å²) in [4.78, 5) is 30.1. The number of hydrogen-bond acceptors (Lipinski definition) is 8. The lowest BCUT2D eigenvalue weighted by Crippen LogP contribution is -2.21. The second kappa shape index (κ2) is 10.6. The number of hydrogen-bond donors (Lipinski definition) is 0. The van der Waals surface area contributed by atoms with Crippen molar-refractivity contribution >= 4 is 17.8 Å². The third-order valence-electron chi connectivity index (χ3n) is 6.89. The number of rotatable bonds is 7. The Morgan fingerprint density at radius 3 is 2.65 bits per heavy atom. The molecule has 8 nitrogen and oxygen atoms in total. The number of allylic oxidation sites excluding steroid dienone is 1. The molecule has 2 aliphatic rings. The van der Waals surface area contributed by atoms with Crippen molar-refractivity contribution < 1.29 is 33.3 Å². The standard InChI is InChI=1S/C32H25NO7/c1-36-26-10-4-8-21(31(26)37-2)15-27-30(35)23-11-12-25-29(32(23)40-27)24(16-28(34)39-25)20-7-3-9-22(14-20)38-18-19-6-5-13-33-17-19/h3-15,17,24H,16,18H2,1-2H3. The molecule has 2 aliphatic heterocycles. The normalized spacial score (nSPS) is 16.6. The minimum Gasteiger partial charge on any atom is -0.493 e. The van der Waals surface area contributed by atoms with Gasteiger partial charge in [0.25, 0.3) is 0 Å². The van der Waals surface area contributed by atoms with Crippen molar-refractivity contribution in [3.8, 4) is 28.7 Å². The van der Waals surface area contributed by atoms with E-state index in [1.807, 2.05) is 42.5 Å². The van der Waals surface area contributed by atoms with E-state index in [9.17, 15) is 9.59 Å². The molecule has 200 valence electrons. The van der Waals surface area contributed by atoms with Crippen LogP contribution in [0.3, 0.4) is 0 Å². The SMILES string of the molecule is COc1cccc(C=C2Oc3c(ccc4c3C(c3cccc(OCc5cccnc5)c3)CC(=O)O4)C2=O)c1OC. The molecule has 0 spiro atoms. The Labute approximate surface area is 230 Å². The van der Waals surface area contributed by atoms with Gasteiger partial charge < -0.3 is 23.7 Å². The molecule has 0 N–H and O–H groups in total. The molecule has 3 heterocycles. The van der Waals surface area contributed by atoms with Crippen LogP contribution in [0.1, 0.15) is 45.0 Å². The van der Waals surface area contributed by atoms with Crippen LogP contribution in [0, 0.1) is 0 Å². The Kier molecular flexibility index (Phi) is 6.66. The summed E-state index contributed by atoms with van der Waals surface area (Å²) in [6, 6.07) is 20.0. The smallest absolute Gasteiger partial charge is 0.312 e. The van der Waals surface area contributed by atoms with Gasteiger partial charge in [-0.1, -0.05) is 30.3 Å². The zero-order valence-electron chi connectivity index (χ0n) is 21.9. The number of carbonyl (C=O) groups is 2. The summed E-state index contributed by atoms with van der Waals surface area (Å²) >= 11 is 0. The largest absolute Gasteiger partial charge is 0.493 e. The molecule has 6 rings (SSSR count). The summed E-state index contributed by atoms with van der Waals surface area (Å²) in [5.41, 5.74) is 3.47. The summed E-state index contributed by atoms with van der Waals surface area (Å²) in [5.74, 6) is 1.54. The van der Waals surface area contributed by atoms with Gasteiger partial charge in [0.1, 0.15) is 23.9 Å². The highest BCUT2D eigenvalue weighted by Gasteiger charge is 2.38. The Bertz CT molecular complexity index is 1640. The summed E-state index contributed by atoms with van der Waals surface area (Å²) in [5, 5.41) is 0. The van der Waals surface area contributed by atoms with Crippen LogP contribution >= 0.6 is 0 Å². The monoisotopic (exact) mass is 535 g/mol. The molecule has 1 atom stereocenters. The summed E-state index contributed by atoms with van der Waals surface area (Å²) < 4.78 is 28.7. The molecule has 40 heavy (non-hydrogen) atoms. The first-order valence-corrected chi connectivity index (χ1v) is 12.7. The molecule has 4 aromatic rings. The van der Waals surface area contributed by atoms with Gasteiger partial charge in [-0.3, -0.25) is 14.6 Å². The van der Waals surface area contributed by atoms with Crippen molar-refractivity contribution in [3.63, 3.8) is 0 Å². The minimum absolute atomic E-state index is 0.0931. The lowest BCUT2D eigenvalue weighted by atomic mass is 9.84. The van der Waals surface area contributed by atoms with E-state index in [1.165, 1.54) is 7.11 Å². The molecule has 0 saturated heterocycles. The predicted molar refractivity (Wildman–Crippen MR) is 146 cm³/mol. The third kappa shape index (κ3) is 4.64. The molecule has 1 aromatic heterocycles. The molecule has 0 amide bonds. The lowest BCUT2D eigenvalue weighted by Gasteiger charge is -2.26. The van der Waals surface area contributed by atoms with Crippen LogP contribution in [0.5, 0.6) is 28.7 Å². The molecule has 0 bridgehead atoms. The molecule has 1 unspecified atom stereocenters. The van der Waals surface area contributed by atoms with E-state index >= 15 is 0 Å². The minimum atomic E-state index is -0.397. The van der Waals surface area contributed by atoms with Gasteiger partial charge >= 0.3 is 5.97 Å². The van der Waals surface area contributed by atoms with Crippen molar-refractivity contribution in [2.45, 2.75) is 18.9 Å². The van der Waals surface area contributed by atoms with Gasteiger partial charge in [-0.05, 0) is 48.0 Å². The van der Waals surface area contributed by atoms with E-state index in [0.717, 1.165) is 11.1 Å². The average molecular weight is 536 g/mol. The Hall–Kier alpha value is -5.11. The number of fused-ring (bicyclic) bond motifs is 3. The van der Waals surface area contributed by atoms with Crippen molar-refractivity contribution in [2.24, 2.45) is 0 Å². The predicted octanol–water partition coefficient (Wildman–Crippen LogP) is 5.74. The maximum absolute atomic E-state index is 13.4. The van der Waals surface area contributed by atoms with Gasteiger partial charge in [0.15, 0.2) is 17.3 Å². The van der Waals surface area contributed by atoms with Crippen LogP contribution in [-0.4, -0.2) is 31.0 Å². The van der Waals surface area contributed by atoms with Crippen molar-refractivity contribution in [3.05, 3.63) is 113 Å². The number of ether oxygens (including phenoxy) is 5. The van der Waals surface area contributed by atoms with Gasteiger partial charge in [0, 0.05) is 35.0 Å². The third-order valence-corrected chi connectivity index (χ3v) is 6.89. The number of pyridine rings is 1. The number of ketones is 1. The molecule has 0 radical (unpaired) electrons. The van der Waals surface area contributed by atoms with Crippen LogP contribution in [0.15, 0.2) is 84.9 Å². The summed E-state index contributed by atoms with van der Waals surface area (Å²) in [7, 11) is 3.09. The number of benzene rings is 3. The molecule has 0 saturated carbocycles. The van der Waals surface area contributed by atoms with Gasteiger partial charge in [0.2, 0.25) is 5.78 Å². The van der Waals surface area contributed by atoms with Crippen LogP contribution in [0.25, 0.3) is 6.08 Å². The molecule has 0 aliphatic carbocycles. The summed E-state index contributed by atoms with van der Waals surface area (Å²) in [6.45, 7) is 0.357. The lowest BCUT2D eigenvalue weighted by molar-refractivity contribution is -0.135. The van der Waals surface area contributed by atoms with Crippen LogP contribution < -0.4 is 23.7 Å². The average Bonchev–Trinajstić information content (AvgIpc) is 3.30. The quantitative estimate of drug-likeness (QED) is 0.168. The maximum Gasteiger partial charge on any atom is 0.312 e. The first-order chi connectivity index (χ1) is 19.6. The highest BCUT2D eigenvalue weighted by Crippen LogP contribution is 2.49. The second-order valence-electron chi connectivity index (χ2n) is 9.33. The maximum atomic E-state index is 13.4. The molecular weight excluding hydrogens is 510 g/mol. The Morgan fingerprint density at radius 2 is 1.85 bits per heavy atom.